The van der Waals surface area contributed by atoms with Crippen LogP contribution in [0.15, 0.2) is 46.9 Å². The minimum absolute atomic E-state index is 0.0641. The fourth-order valence-corrected chi connectivity index (χ4v) is 2.38. The monoisotopic (exact) mass is 367 g/mol. The molecular formula is C16H15BrClNO2. The molecule has 2 rings (SSSR count). The summed E-state index contributed by atoms with van der Waals surface area (Å²) < 4.78 is 5.97. The molecule has 0 spiro atoms. The SMILES string of the molecule is COc1ccc(CCC(=O)Nc2cc(Br)ccc2Cl)cc1. The van der Waals surface area contributed by atoms with Gasteiger partial charge in [-0.15, -0.1) is 0 Å². The second-order valence-corrected chi connectivity index (χ2v) is 5.84. The number of hydrogen-bond donors (Lipinski definition) is 1. The van der Waals surface area contributed by atoms with E-state index in [0.717, 1.165) is 15.8 Å². The fraction of sp³-hybridized carbons (Fsp3) is 0.188. The van der Waals surface area contributed by atoms with Gasteiger partial charge in [0.2, 0.25) is 5.91 Å². The third-order valence-electron chi connectivity index (χ3n) is 3.00. The molecule has 0 aliphatic rings. The number of aryl methyl sites for hydroxylation is 1. The number of benzene rings is 2. The Hall–Kier alpha value is -1.52. The topological polar surface area (TPSA) is 38.3 Å². The van der Waals surface area contributed by atoms with Crippen LogP contribution in [0.5, 0.6) is 5.75 Å². The van der Waals surface area contributed by atoms with Crippen molar-refractivity contribution in [2.24, 2.45) is 0 Å². The molecule has 0 heterocycles. The lowest BCUT2D eigenvalue weighted by Crippen LogP contribution is -2.12. The average Bonchev–Trinajstić information content (AvgIpc) is 2.49. The molecule has 0 aliphatic carbocycles. The highest BCUT2D eigenvalue weighted by Crippen LogP contribution is 2.25. The van der Waals surface area contributed by atoms with Crippen LogP contribution in [0.1, 0.15) is 12.0 Å². The van der Waals surface area contributed by atoms with E-state index in [-0.39, 0.29) is 5.91 Å². The van der Waals surface area contributed by atoms with Gasteiger partial charge in [0.25, 0.3) is 0 Å². The highest BCUT2D eigenvalue weighted by Gasteiger charge is 2.07. The summed E-state index contributed by atoms with van der Waals surface area (Å²) in [5, 5.41) is 3.34. The predicted molar refractivity (Wildman–Crippen MR) is 89.1 cm³/mol. The minimum atomic E-state index is -0.0641. The molecular weight excluding hydrogens is 354 g/mol. The summed E-state index contributed by atoms with van der Waals surface area (Å²) in [5.74, 6) is 0.745. The van der Waals surface area contributed by atoms with Gasteiger partial charge in [0.1, 0.15) is 5.75 Å². The third-order valence-corrected chi connectivity index (χ3v) is 3.83. The van der Waals surface area contributed by atoms with Gasteiger partial charge in [0, 0.05) is 10.9 Å². The summed E-state index contributed by atoms with van der Waals surface area (Å²) >= 11 is 9.40. The van der Waals surface area contributed by atoms with Crippen LogP contribution < -0.4 is 10.1 Å². The van der Waals surface area contributed by atoms with Crippen LogP contribution in [-0.2, 0) is 11.2 Å². The van der Waals surface area contributed by atoms with E-state index in [4.69, 9.17) is 16.3 Å². The van der Waals surface area contributed by atoms with Crippen molar-refractivity contribution in [1.82, 2.24) is 0 Å². The van der Waals surface area contributed by atoms with Crippen molar-refractivity contribution in [2.45, 2.75) is 12.8 Å². The Kier molecular flexibility index (Phi) is 5.65. The Balaban J connectivity index is 1.91. The zero-order valence-corrected chi connectivity index (χ0v) is 13.9. The lowest BCUT2D eigenvalue weighted by atomic mass is 10.1. The minimum Gasteiger partial charge on any atom is -0.497 e. The molecule has 0 saturated heterocycles. The first-order chi connectivity index (χ1) is 10.1. The lowest BCUT2D eigenvalue weighted by Gasteiger charge is -2.08. The first kappa shape index (κ1) is 15.9. The van der Waals surface area contributed by atoms with Crippen molar-refractivity contribution in [3.63, 3.8) is 0 Å². The maximum absolute atomic E-state index is 12.0. The van der Waals surface area contributed by atoms with Crippen LogP contribution in [0.2, 0.25) is 5.02 Å². The molecule has 0 saturated carbocycles. The van der Waals surface area contributed by atoms with Crippen molar-refractivity contribution in [2.75, 3.05) is 12.4 Å². The molecule has 0 atom stereocenters. The molecule has 3 nitrogen and oxygen atoms in total. The number of methoxy groups -OCH3 is 1. The molecule has 0 radical (unpaired) electrons. The molecule has 1 amide bonds. The van der Waals surface area contributed by atoms with Crippen molar-refractivity contribution in [3.8, 4) is 5.75 Å². The summed E-state index contributed by atoms with van der Waals surface area (Å²) in [7, 11) is 1.63. The van der Waals surface area contributed by atoms with E-state index in [0.29, 0.717) is 23.6 Å². The number of nitrogens with one attached hydrogen (secondary N) is 1. The lowest BCUT2D eigenvalue weighted by molar-refractivity contribution is -0.116. The van der Waals surface area contributed by atoms with Gasteiger partial charge in [-0.1, -0.05) is 39.7 Å². The second-order valence-electron chi connectivity index (χ2n) is 4.52. The summed E-state index contributed by atoms with van der Waals surface area (Å²) in [6, 6.07) is 13.0. The number of carbonyl (C=O) groups is 1. The van der Waals surface area contributed by atoms with Crippen LogP contribution in [-0.4, -0.2) is 13.0 Å². The number of rotatable bonds is 5. The summed E-state index contributed by atoms with van der Waals surface area (Å²) in [4.78, 5) is 12.0. The zero-order valence-electron chi connectivity index (χ0n) is 11.5. The van der Waals surface area contributed by atoms with E-state index in [1.165, 1.54) is 0 Å². The zero-order chi connectivity index (χ0) is 15.2. The Morgan fingerprint density at radius 3 is 2.62 bits per heavy atom. The molecule has 2 aromatic carbocycles. The van der Waals surface area contributed by atoms with E-state index in [1.54, 1.807) is 19.2 Å². The van der Waals surface area contributed by atoms with Crippen LogP contribution in [0.25, 0.3) is 0 Å². The fourth-order valence-electron chi connectivity index (χ4n) is 1.86. The third kappa shape index (κ3) is 4.76. The van der Waals surface area contributed by atoms with Gasteiger partial charge in [-0.25, -0.2) is 0 Å². The molecule has 1 N–H and O–H groups in total. The molecule has 0 unspecified atom stereocenters. The van der Waals surface area contributed by atoms with Crippen molar-refractivity contribution >= 4 is 39.1 Å². The highest BCUT2D eigenvalue weighted by molar-refractivity contribution is 9.10. The second kappa shape index (κ2) is 7.48. The van der Waals surface area contributed by atoms with Gasteiger partial charge in [-0.05, 0) is 42.3 Å². The number of halogens is 2. The average molecular weight is 369 g/mol. The van der Waals surface area contributed by atoms with Crippen LogP contribution in [0.4, 0.5) is 5.69 Å². The van der Waals surface area contributed by atoms with Crippen molar-refractivity contribution in [3.05, 3.63) is 57.5 Å². The van der Waals surface area contributed by atoms with Gasteiger partial charge in [-0.3, -0.25) is 4.79 Å². The van der Waals surface area contributed by atoms with E-state index < -0.39 is 0 Å². The summed E-state index contributed by atoms with van der Waals surface area (Å²) in [5.41, 5.74) is 1.71. The molecule has 2 aromatic rings. The van der Waals surface area contributed by atoms with E-state index in [9.17, 15) is 4.79 Å². The van der Waals surface area contributed by atoms with E-state index in [1.807, 2.05) is 30.3 Å². The molecule has 0 aromatic heterocycles. The van der Waals surface area contributed by atoms with Gasteiger partial charge in [0.05, 0.1) is 17.8 Å². The van der Waals surface area contributed by atoms with Gasteiger partial charge < -0.3 is 10.1 Å². The smallest absolute Gasteiger partial charge is 0.224 e. The highest BCUT2D eigenvalue weighted by atomic mass is 79.9. The first-order valence-corrected chi connectivity index (χ1v) is 7.63. The summed E-state index contributed by atoms with van der Waals surface area (Å²) in [6.07, 6.45) is 1.07. The maximum atomic E-state index is 12.0. The number of anilines is 1. The number of amides is 1. The van der Waals surface area contributed by atoms with Crippen molar-refractivity contribution < 1.29 is 9.53 Å². The largest absolute Gasteiger partial charge is 0.497 e. The molecule has 110 valence electrons. The van der Waals surface area contributed by atoms with Gasteiger partial charge >= 0.3 is 0 Å². The number of ether oxygens (including phenoxy) is 1. The van der Waals surface area contributed by atoms with E-state index >= 15 is 0 Å². The Morgan fingerprint density at radius 1 is 1.24 bits per heavy atom. The predicted octanol–water partition coefficient (Wildman–Crippen LogP) is 4.68. The Bertz CT molecular complexity index is 629. The Morgan fingerprint density at radius 2 is 1.95 bits per heavy atom. The quantitative estimate of drug-likeness (QED) is 0.832. The maximum Gasteiger partial charge on any atom is 0.224 e. The molecule has 0 aliphatic heterocycles. The Labute approximate surface area is 137 Å². The molecule has 0 fully saturated rings. The molecule has 5 heteroatoms. The number of hydrogen-bond acceptors (Lipinski definition) is 2. The van der Waals surface area contributed by atoms with Crippen LogP contribution in [0, 0.1) is 0 Å². The van der Waals surface area contributed by atoms with E-state index in [2.05, 4.69) is 21.2 Å². The van der Waals surface area contributed by atoms with Crippen molar-refractivity contribution in [1.29, 1.82) is 0 Å². The summed E-state index contributed by atoms with van der Waals surface area (Å²) in [6.45, 7) is 0. The van der Waals surface area contributed by atoms with Crippen LogP contribution in [0.3, 0.4) is 0 Å². The van der Waals surface area contributed by atoms with Gasteiger partial charge in [0.15, 0.2) is 0 Å². The number of carbonyl (C=O) groups excluding carboxylic acids is 1. The van der Waals surface area contributed by atoms with Crippen LogP contribution >= 0.6 is 27.5 Å². The molecule has 21 heavy (non-hydrogen) atoms. The van der Waals surface area contributed by atoms with Gasteiger partial charge in [-0.2, -0.15) is 0 Å². The standard InChI is InChI=1S/C16H15BrClNO2/c1-21-13-6-2-11(3-7-13)4-9-16(20)19-15-10-12(17)5-8-14(15)18/h2-3,5-8,10H,4,9H2,1H3,(H,19,20). The first-order valence-electron chi connectivity index (χ1n) is 6.46. The molecule has 0 bridgehead atoms. The normalized spacial score (nSPS) is 10.2.